The number of rotatable bonds is 4. The number of aliphatic imine (C=N–C) groups is 1. The zero-order valence-corrected chi connectivity index (χ0v) is 20.4. The summed E-state index contributed by atoms with van der Waals surface area (Å²) in [5.74, 6) is 2.47. The lowest BCUT2D eigenvalue weighted by Gasteiger charge is -2.49. The molecule has 3 heterocycles. The van der Waals surface area contributed by atoms with Crippen molar-refractivity contribution in [2.24, 2.45) is 10.1 Å². The molecular formula is C23H30N8O2S. The third-order valence-corrected chi connectivity index (χ3v) is 7.65. The summed E-state index contributed by atoms with van der Waals surface area (Å²) in [7, 11) is -1.90. The Bertz CT molecular complexity index is 1360. The van der Waals surface area contributed by atoms with Crippen molar-refractivity contribution in [3.63, 3.8) is 0 Å². The van der Waals surface area contributed by atoms with Gasteiger partial charge in [-0.3, -0.25) is 20.0 Å². The maximum absolute atomic E-state index is 11.5. The van der Waals surface area contributed by atoms with Crippen LogP contribution in [0.4, 0.5) is 17.5 Å². The maximum atomic E-state index is 11.5. The van der Waals surface area contributed by atoms with Gasteiger partial charge in [-0.25, -0.2) is 18.5 Å². The number of sulfonamides is 1. The fourth-order valence-electron chi connectivity index (χ4n) is 5.12. The highest BCUT2D eigenvalue weighted by Crippen LogP contribution is 2.44. The Labute approximate surface area is 199 Å². The SMILES string of the molecule is CN=C1NN(C(C)C)c2cc3cnc(Nc4ccc(S(N)(=O)=O)cc4)nc3n2C12CCCCC2. The summed E-state index contributed by atoms with van der Waals surface area (Å²) < 4.78 is 25.4. The molecule has 2 aromatic heterocycles. The van der Waals surface area contributed by atoms with Gasteiger partial charge in [0, 0.05) is 30.4 Å². The molecule has 0 unspecified atom stereocenters. The zero-order valence-electron chi connectivity index (χ0n) is 19.6. The number of amidine groups is 1. The molecule has 10 nitrogen and oxygen atoms in total. The van der Waals surface area contributed by atoms with Gasteiger partial charge in [0.2, 0.25) is 16.0 Å². The maximum Gasteiger partial charge on any atom is 0.238 e. The summed E-state index contributed by atoms with van der Waals surface area (Å²) in [6.07, 6.45) is 7.31. The monoisotopic (exact) mass is 482 g/mol. The van der Waals surface area contributed by atoms with Crippen LogP contribution < -0.4 is 20.9 Å². The molecule has 3 aromatic rings. The van der Waals surface area contributed by atoms with Crippen LogP contribution in [0, 0.1) is 0 Å². The van der Waals surface area contributed by atoms with Crippen LogP contribution >= 0.6 is 0 Å². The summed E-state index contributed by atoms with van der Waals surface area (Å²) in [4.78, 5) is 14.2. The van der Waals surface area contributed by atoms with Gasteiger partial charge in [-0.1, -0.05) is 19.3 Å². The first-order valence-electron chi connectivity index (χ1n) is 11.5. The second kappa shape index (κ2) is 8.24. The van der Waals surface area contributed by atoms with E-state index in [1.54, 1.807) is 12.1 Å². The third kappa shape index (κ3) is 3.68. The van der Waals surface area contributed by atoms with E-state index in [4.69, 9.17) is 10.1 Å². The van der Waals surface area contributed by atoms with Crippen LogP contribution in [0.25, 0.3) is 11.0 Å². The molecule has 2 aliphatic rings. The van der Waals surface area contributed by atoms with E-state index in [0.717, 1.165) is 48.4 Å². The molecular weight excluding hydrogens is 452 g/mol. The van der Waals surface area contributed by atoms with Crippen molar-refractivity contribution in [2.45, 2.75) is 62.4 Å². The van der Waals surface area contributed by atoms with Gasteiger partial charge in [0.1, 0.15) is 22.8 Å². The largest absolute Gasteiger partial charge is 0.324 e. The molecule has 0 saturated heterocycles. The highest BCUT2D eigenvalue weighted by molar-refractivity contribution is 7.89. The summed E-state index contributed by atoms with van der Waals surface area (Å²) >= 11 is 0. The van der Waals surface area contributed by atoms with Crippen LogP contribution in [0.5, 0.6) is 0 Å². The molecule has 0 radical (unpaired) electrons. The van der Waals surface area contributed by atoms with Gasteiger partial charge in [-0.2, -0.15) is 4.98 Å². The van der Waals surface area contributed by atoms with Crippen LogP contribution in [0.2, 0.25) is 0 Å². The van der Waals surface area contributed by atoms with Gasteiger partial charge in [0.15, 0.2) is 0 Å². The predicted octanol–water partition coefficient (Wildman–Crippen LogP) is 3.24. The van der Waals surface area contributed by atoms with Gasteiger partial charge in [0.05, 0.1) is 4.90 Å². The lowest BCUT2D eigenvalue weighted by atomic mass is 9.79. The Morgan fingerprint density at radius 3 is 2.50 bits per heavy atom. The molecule has 0 atom stereocenters. The second-order valence-corrected chi connectivity index (χ2v) is 10.8. The van der Waals surface area contributed by atoms with Crippen LogP contribution in [-0.4, -0.2) is 41.9 Å². The topological polar surface area (TPSA) is 131 Å². The van der Waals surface area contributed by atoms with Crippen LogP contribution in [-0.2, 0) is 15.6 Å². The highest BCUT2D eigenvalue weighted by atomic mass is 32.2. The molecule has 0 amide bonds. The molecule has 180 valence electrons. The van der Waals surface area contributed by atoms with Crippen LogP contribution in [0.3, 0.4) is 0 Å². The van der Waals surface area contributed by atoms with E-state index in [1.807, 2.05) is 13.2 Å². The van der Waals surface area contributed by atoms with Gasteiger partial charge in [-0.05, 0) is 57.0 Å². The molecule has 0 bridgehead atoms. The number of fused-ring (bicyclic) bond motifs is 4. The average Bonchev–Trinajstić information content (AvgIpc) is 3.19. The van der Waals surface area contributed by atoms with Crippen molar-refractivity contribution in [3.8, 4) is 0 Å². The minimum absolute atomic E-state index is 0.0574. The molecule has 1 aromatic carbocycles. The number of nitrogens with two attached hydrogens (primary N) is 1. The number of nitrogens with zero attached hydrogens (tertiary/aromatic N) is 5. The average molecular weight is 483 g/mol. The fourth-order valence-corrected chi connectivity index (χ4v) is 5.64. The van der Waals surface area contributed by atoms with Crippen molar-refractivity contribution in [1.29, 1.82) is 0 Å². The quantitative estimate of drug-likeness (QED) is 0.520. The molecule has 34 heavy (non-hydrogen) atoms. The van der Waals surface area contributed by atoms with Gasteiger partial charge >= 0.3 is 0 Å². The second-order valence-electron chi connectivity index (χ2n) is 9.24. The summed E-state index contributed by atoms with van der Waals surface area (Å²) in [6, 6.07) is 8.57. The zero-order chi connectivity index (χ0) is 24.1. The summed E-state index contributed by atoms with van der Waals surface area (Å²) in [6.45, 7) is 4.29. The molecule has 1 saturated carbocycles. The first kappa shape index (κ1) is 22.6. The van der Waals surface area contributed by atoms with Gasteiger partial charge in [0.25, 0.3) is 0 Å². The number of hydrazine groups is 1. The minimum atomic E-state index is -3.74. The van der Waals surface area contributed by atoms with Gasteiger partial charge in [-0.15, -0.1) is 0 Å². The number of aromatic nitrogens is 3. The van der Waals surface area contributed by atoms with Crippen LogP contribution in [0.1, 0.15) is 46.0 Å². The Balaban J connectivity index is 1.61. The van der Waals surface area contributed by atoms with Crippen molar-refractivity contribution in [2.75, 3.05) is 17.4 Å². The lowest BCUT2D eigenvalue weighted by molar-refractivity contribution is 0.267. The highest BCUT2D eigenvalue weighted by Gasteiger charge is 2.46. The Morgan fingerprint density at radius 2 is 1.88 bits per heavy atom. The van der Waals surface area contributed by atoms with Crippen molar-refractivity contribution >= 4 is 44.3 Å². The standard InChI is InChI=1S/C23H30N8O2S/c1-15(2)31-19-13-16-14-26-22(27-17-7-9-18(10-8-17)34(24,32)33)28-20(16)30(19)23(21(25-3)29-31)11-5-4-6-12-23/h7-10,13-15H,4-6,11-12H2,1-3H3,(H,25,29)(H2,24,32,33)(H,26,27,28). The number of primary sulfonamides is 1. The van der Waals surface area contributed by atoms with Crippen molar-refractivity contribution in [3.05, 3.63) is 36.5 Å². The Kier molecular flexibility index (Phi) is 5.48. The number of hydrogen-bond acceptors (Lipinski definition) is 7. The van der Waals surface area contributed by atoms with E-state index in [1.165, 1.54) is 18.6 Å². The van der Waals surface area contributed by atoms with Crippen LogP contribution in [0.15, 0.2) is 46.4 Å². The molecule has 4 N–H and O–H groups in total. The fraction of sp³-hybridized carbons (Fsp3) is 0.435. The number of benzene rings is 1. The number of nitrogens with one attached hydrogen (secondary N) is 2. The van der Waals surface area contributed by atoms with E-state index >= 15 is 0 Å². The van der Waals surface area contributed by atoms with E-state index in [9.17, 15) is 8.42 Å². The molecule has 1 spiro atoms. The molecule has 11 heteroatoms. The normalized spacial score (nSPS) is 19.0. The third-order valence-electron chi connectivity index (χ3n) is 6.72. The molecule has 1 fully saturated rings. The predicted molar refractivity (Wildman–Crippen MR) is 134 cm³/mol. The number of anilines is 3. The Morgan fingerprint density at radius 1 is 1.18 bits per heavy atom. The van der Waals surface area contributed by atoms with E-state index in [2.05, 4.69) is 50.2 Å². The van der Waals surface area contributed by atoms with Crippen molar-refractivity contribution in [1.82, 2.24) is 20.0 Å². The lowest BCUT2D eigenvalue weighted by Crippen LogP contribution is -2.62. The number of hydrogen-bond donors (Lipinski definition) is 3. The molecule has 5 rings (SSSR count). The first-order chi connectivity index (χ1) is 16.2. The Hall–Kier alpha value is -3.18. The van der Waals surface area contributed by atoms with E-state index in [-0.39, 0.29) is 16.5 Å². The summed E-state index contributed by atoms with van der Waals surface area (Å²) in [5.41, 5.74) is 4.85. The first-order valence-corrected chi connectivity index (χ1v) is 13.1. The smallest absolute Gasteiger partial charge is 0.238 e. The van der Waals surface area contributed by atoms with E-state index in [0.29, 0.717) is 11.6 Å². The summed E-state index contributed by atoms with van der Waals surface area (Å²) in [5, 5.41) is 11.5. The minimum Gasteiger partial charge on any atom is -0.324 e. The molecule has 1 aliphatic heterocycles. The van der Waals surface area contributed by atoms with E-state index < -0.39 is 10.0 Å². The van der Waals surface area contributed by atoms with Gasteiger partial charge < -0.3 is 5.32 Å². The molecule has 1 aliphatic carbocycles. The van der Waals surface area contributed by atoms with Crippen molar-refractivity contribution < 1.29 is 8.42 Å².